The number of carbonyl (C=O) groups is 1. The molecule has 3 nitrogen and oxygen atoms in total. The first-order chi connectivity index (χ1) is 6.59. The maximum Gasteiger partial charge on any atom is 0.220 e. The number of piperidine rings is 1. The number of carbonyl (C=O) groups excluding carboxylic acids is 1. The van der Waals surface area contributed by atoms with Gasteiger partial charge in [-0.25, -0.2) is 4.39 Å². The molecular weight excluding hydrogens is 183 g/mol. The molecule has 1 aliphatic heterocycles. The lowest BCUT2D eigenvalue weighted by molar-refractivity contribution is -0.123. The molecule has 82 valence electrons. The topological polar surface area (TPSA) is 41.1 Å². The fourth-order valence-corrected chi connectivity index (χ4v) is 1.72. The summed E-state index contributed by atoms with van der Waals surface area (Å²) >= 11 is 0. The number of alkyl halides is 1. The van der Waals surface area contributed by atoms with E-state index in [1.54, 1.807) is 0 Å². The lowest BCUT2D eigenvalue weighted by atomic mass is 9.92. The summed E-state index contributed by atoms with van der Waals surface area (Å²) in [6, 6.07) is 0.141. The molecule has 1 fully saturated rings. The van der Waals surface area contributed by atoms with E-state index in [0.717, 1.165) is 13.0 Å². The Kier molecular flexibility index (Phi) is 4.32. The van der Waals surface area contributed by atoms with Crippen molar-refractivity contribution in [3.63, 3.8) is 0 Å². The highest BCUT2D eigenvalue weighted by Crippen LogP contribution is 2.19. The van der Waals surface area contributed by atoms with E-state index in [9.17, 15) is 9.18 Å². The molecule has 1 saturated heterocycles. The maximum absolute atomic E-state index is 13.3. The van der Waals surface area contributed by atoms with E-state index >= 15 is 0 Å². The van der Waals surface area contributed by atoms with Crippen molar-refractivity contribution in [3.05, 3.63) is 0 Å². The zero-order valence-electron chi connectivity index (χ0n) is 8.85. The number of halogens is 1. The van der Waals surface area contributed by atoms with Gasteiger partial charge in [-0.3, -0.25) is 4.79 Å². The van der Waals surface area contributed by atoms with Crippen LogP contribution in [-0.2, 0) is 4.79 Å². The summed E-state index contributed by atoms with van der Waals surface area (Å²) in [5, 5.41) is 5.76. The van der Waals surface area contributed by atoms with Gasteiger partial charge < -0.3 is 10.6 Å². The molecule has 1 rings (SSSR count). The van der Waals surface area contributed by atoms with Crippen molar-refractivity contribution in [2.75, 3.05) is 13.1 Å². The van der Waals surface area contributed by atoms with Crippen LogP contribution in [0.2, 0.25) is 0 Å². The van der Waals surface area contributed by atoms with Gasteiger partial charge in [-0.15, -0.1) is 0 Å². The van der Waals surface area contributed by atoms with Crippen LogP contribution < -0.4 is 10.6 Å². The van der Waals surface area contributed by atoms with Gasteiger partial charge in [0.25, 0.3) is 0 Å². The van der Waals surface area contributed by atoms with E-state index in [4.69, 9.17) is 0 Å². The number of nitrogens with one attached hydrogen (secondary N) is 2. The molecule has 4 heteroatoms. The van der Waals surface area contributed by atoms with E-state index in [0.29, 0.717) is 13.0 Å². The van der Waals surface area contributed by atoms with E-state index < -0.39 is 6.17 Å². The molecule has 0 unspecified atom stereocenters. The predicted molar refractivity (Wildman–Crippen MR) is 53.8 cm³/mol. The number of hydrogen-bond acceptors (Lipinski definition) is 2. The molecule has 0 aromatic rings. The van der Waals surface area contributed by atoms with E-state index in [1.165, 1.54) is 0 Å². The molecule has 0 aromatic carbocycles. The molecule has 0 saturated carbocycles. The van der Waals surface area contributed by atoms with Crippen LogP contribution in [0.25, 0.3) is 0 Å². The number of hydrogen-bond donors (Lipinski definition) is 2. The van der Waals surface area contributed by atoms with Gasteiger partial charge in [0.15, 0.2) is 0 Å². The highest BCUT2D eigenvalue weighted by Gasteiger charge is 2.26. The molecular formula is C10H19FN2O. The van der Waals surface area contributed by atoms with Crippen LogP contribution in [0.5, 0.6) is 0 Å². The van der Waals surface area contributed by atoms with Gasteiger partial charge >= 0.3 is 0 Å². The third-order valence-electron chi connectivity index (χ3n) is 2.44. The molecule has 0 aromatic heterocycles. The minimum absolute atomic E-state index is 0.0328. The maximum atomic E-state index is 13.3. The summed E-state index contributed by atoms with van der Waals surface area (Å²) < 4.78 is 13.3. The van der Waals surface area contributed by atoms with Crippen LogP contribution in [-0.4, -0.2) is 31.2 Å². The Morgan fingerprint density at radius 1 is 1.64 bits per heavy atom. The Morgan fingerprint density at radius 3 is 2.93 bits per heavy atom. The Bertz CT molecular complexity index is 197. The molecule has 0 aliphatic carbocycles. The lowest BCUT2D eigenvalue weighted by Crippen LogP contribution is -2.41. The summed E-state index contributed by atoms with van der Waals surface area (Å²) in [4.78, 5) is 11.4. The normalized spacial score (nSPS) is 27.7. The first kappa shape index (κ1) is 11.4. The van der Waals surface area contributed by atoms with Crippen molar-refractivity contribution < 1.29 is 9.18 Å². The third-order valence-corrected chi connectivity index (χ3v) is 2.44. The fraction of sp³-hybridized carbons (Fsp3) is 0.900. The fourth-order valence-electron chi connectivity index (χ4n) is 1.72. The second-order valence-electron chi connectivity index (χ2n) is 4.20. The van der Waals surface area contributed by atoms with Gasteiger partial charge in [0, 0.05) is 24.9 Å². The zero-order valence-corrected chi connectivity index (χ0v) is 8.85. The quantitative estimate of drug-likeness (QED) is 0.712. The van der Waals surface area contributed by atoms with Crippen LogP contribution >= 0.6 is 0 Å². The predicted octanol–water partition coefficient (Wildman–Crippen LogP) is 0.849. The van der Waals surface area contributed by atoms with Gasteiger partial charge in [0.2, 0.25) is 5.91 Å². The van der Waals surface area contributed by atoms with Crippen molar-refractivity contribution >= 4 is 5.91 Å². The SMILES string of the molecule is CC(C)NC(=O)C[C@@H]1CCNC[C@@H]1F. The highest BCUT2D eigenvalue weighted by atomic mass is 19.1. The van der Waals surface area contributed by atoms with E-state index in [-0.39, 0.29) is 17.9 Å². The van der Waals surface area contributed by atoms with Crippen molar-refractivity contribution in [1.29, 1.82) is 0 Å². The molecule has 0 spiro atoms. The standard InChI is InChI=1S/C10H19FN2O/c1-7(2)13-10(14)5-8-3-4-12-6-9(8)11/h7-9,12H,3-6H2,1-2H3,(H,13,14)/t8-,9-/m0/s1. The highest BCUT2D eigenvalue weighted by molar-refractivity contribution is 5.76. The Labute approximate surface area is 84.4 Å². The number of rotatable bonds is 3. The summed E-state index contributed by atoms with van der Waals surface area (Å²) in [6.45, 7) is 5.03. The summed E-state index contributed by atoms with van der Waals surface area (Å²) in [7, 11) is 0. The monoisotopic (exact) mass is 202 g/mol. The van der Waals surface area contributed by atoms with Gasteiger partial charge in [-0.1, -0.05) is 0 Å². The van der Waals surface area contributed by atoms with Crippen molar-refractivity contribution in [2.45, 2.75) is 38.9 Å². The first-order valence-corrected chi connectivity index (χ1v) is 5.23. The third kappa shape index (κ3) is 3.62. The van der Waals surface area contributed by atoms with Gasteiger partial charge in [0.1, 0.15) is 6.17 Å². The first-order valence-electron chi connectivity index (χ1n) is 5.23. The summed E-state index contributed by atoms with van der Waals surface area (Å²) in [5.74, 6) is -0.135. The molecule has 1 heterocycles. The average molecular weight is 202 g/mol. The summed E-state index contributed by atoms with van der Waals surface area (Å²) in [5.41, 5.74) is 0. The minimum atomic E-state index is -0.873. The average Bonchev–Trinajstić information content (AvgIpc) is 2.07. The van der Waals surface area contributed by atoms with Crippen LogP contribution in [0.4, 0.5) is 4.39 Å². The second-order valence-corrected chi connectivity index (χ2v) is 4.20. The molecule has 0 radical (unpaired) electrons. The minimum Gasteiger partial charge on any atom is -0.354 e. The molecule has 0 bridgehead atoms. The molecule has 1 amide bonds. The van der Waals surface area contributed by atoms with Crippen LogP contribution in [0, 0.1) is 5.92 Å². The van der Waals surface area contributed by atoms with Crippen molar-refractivity contribution in [3.8, 4) is 0 Å². The zero-order chi connectivity index (χ0) is 10.6. The molecule has 2 N–H and O–H groups in total. The van der Waals surface area contributed by atoms with Gasteiger partial charge in [-0.05, 0) is 26.8 Å². The van der Waals surface area contributed by atoms with Crippen LogP contribution in [0.1, 0.15) is 26.7 Å². The van der Waals surface area contributed by atoms with Gasteiger partial charge in [-0.2, -0.15) is 0 Å². The summed E-state index contributed by atoms with van der Waals surface area (Å²) in [6.07, 6.45) is 0.204. The lowest BCUT2D eigenvalue weighted by Gasteiger charge is -2.26. The van der Waals surface area contributed by atoms with E-state index in [1.807, 2.05) is 13.8 Å². The van der Waals surface area contributed by atoms with E-state index in [2.05, 4.69) is 10.6 Å². The van der Waals surface area contributed by atoms with Crippen LogP contribution in [0.3, 0.4) is 0 Å². The number of amides is 1. The largest absolute Gasteiger partial charge is 0.354 e. The molecule has 2 atom stereocenters. The second kappa shape index (κ2) is 5.29. The van der Waals surface area contributed by atoms with Crippen molar-refractivity contribution in [2.24, 2.45) is 5.92 Å². The Balaban J connectivity index is 2.31. The van der Waals surface area contributed by atoms with Crippen LogP contribution in [0.15, 0.2) is 0 Å². The van der Waals surface area contributed by atoms with Gasteiger partial charge in [0.05, 0.1) is 0 Å². The molecule has 14 heavy (non-hydrogen) atoms. The Hall–Kier alpha value is -0.640. The smallest absolute Gasteiger partial charge is 0.220 e. The van der Waals surface area contributed by atoms with Crippen molar-refractivity contribution in [1.82, 2.24) is 10.6 Å². The molecule has 1 aliphatic rings. The Morgan fingerprint density at radius 2 is 2.36 bits per heavy atom.